The van der Waals surface area contributed by atoms with E-state index < -0.39 is 5.97 Å². The Morgan fingerprint density at radius 3 is 2.47 bits per heavy atom. The van der Waals surface area contributed by atoms with Gasteiger partial charge in [-0.3, -0.25) is 4.79 Å². The maximum absolute atomic E-state index is 13.1. The number of rotatable bonds is 5. The number of carboxylic acids is 1. The van der Waals surface area contributed by atoms with Gasteiger partial charge in [0.05, 0.1) is 11.3 Å². The maximum atomic E-state index is 13.1. The van der Waals surface area contributed by atoms with Crippen LogP contribution in [0.4, 0.5) is 5.69 Å². The number of anilines is 1. The van der Waals surface area contributed by atoms with E-state index in [0.717, 1.165) is 52.2 Å². The summed E-state index contributed by atoms with van der Waals surface area (Å²) in [7, 11) is 0. The van der Waals surface area contributed by atoms with Gasteiger partial charge in [0.1, 0.15) is 12.4 Å². The fourth-order valence-electron chi connectivity index (χ4n) is 5.32. The van der Waals surface area contributed by atoms with Crippen molar-refractivity contribution in [3.05, 3.63) is 118 Å². The smallest absolute Gasteiger partial charge is 0.335 e. The van der Waals surface area contributed by atoms with Crippen LogP contribution >= 0.6 is 0 Å². The van der Waals surface area contributed by atoms with E-state index in [1.165, 1.54) is 10.8 Å². The van der Waals surface area contributed by atoms with E-state index in [4.69, 9.17) is 9.84 Å². The van der Waals surface area contributed by atoms with Crippen LogP contribution in [-0.2, 0) is 11.4 Å². The molecule has 5 heteroatoms. The van der Waals surface area contributed by atoms with Crippen LogP contribution in [0, 0.1) is 0 Å². The second-order valence-electron chi connectivity index (χ2n) is 9.34. The molecular formula is C31H25NO4. The molecule has 1 unspecified atom stereocenters. The molecule has 4 aromatic rings. The first-order valence-electron chi connectivity index (χ1n) is 12.2. The Hall–Kier alpha value is -4.38. The average Bonchev–Trinajstić information content (AvgIpc) is 2.91. The highest BCUT2D eigenvalue weighted by Gasteiger charge is 2.35. The van der Waals surface area contributed by atoms with Gasteiger partial charge in [-0.2, -0.15) is 0 Å². The molecule has 0 spiro atoms. The Bertz CT molecular complexity index is 1520. The predicted molar refractivity (Wildman–Crippen MR) is 139 cm³/mol. The number of Topliss-reactive ketones (excluding diaryl/α,β-unsaturated/α-hetero) is 1. The van der Waals surface area contributed by atoms with Crippen LogP contribution in [-0.4, -0.2) is 16.9 Å². The summed E-state index contributed by atoms with van der Waals surface area (Å²) < 4.78 is 5.95. The molecule has 0 saturated heterocycles. The van der Waals surface area contributed by atoms with Gasteiger partial charge < -0.3 is 15.2 Å². The lowest BCUT2D eigenvalue weighted by Crippen LogP contribution is -2.27. The molecule has 4 aromatic carbocycles. The molecule has 0 aromatic heterocycles. The first kappa shape index (κ1) is 22.1. The van der Waals surface area contributed by atoms with Gasteiger partial charge in [0, 0.05) is 29.0 Å². The van der Waals surface area contributed by atoms with Crippen molar-refractivity contribution in [2.24, 2.45) is 0 Å². The minimum Gasteiger partial charge on any atom is -0.489 e. The fourth-order valence-corrected chi connectivity index (χ4v) is 5.32. The molecule has 1 heterocycles. The van der Waals surface area contributed by atoms with Crippen LogP contribution in [0.1, 0.15) is 52.2 Å². The van der Waals surface area contributed by atoms with Crippen molar-refractivity contribution in [2.45, 2.75) is 31.8 Å². The van der Waals surface area contributed by atoms with E-state index in [2.05, 4.69) is 35.6 Å². The van der Waals surface area contributed by atoms with Crippen molar-refractivity contribution in [3.63, 3.8) is 0 Å². The van der Waals surface area contributed by atoms with Crippen molar-refractivity contribution >= 4 is 28.2 Å². The minimum atomic E-state index is -0.944. The number of carbonyl (C=O) groups excluding carboxylic acids is 1. The number of carbonyl (C=O) groups is 2. The van der Waals surface area contributed by atoms with Gasteiger partial charge >= 0.3 is 5.97 Å². The van der Waals surface area contributed by atoms with Crippen molar-refractivity contribution in [2.75, 3.05) is 5.32 Å². The third kappa shape index (κ3) is 3.93. The summed E-state index contributed by atoms with van der Waals surface area (Å²) in [4.78, 5) is 24.2. The number of nitrogens with one attached hydrogen (secondary N) is 1. The van der Waals surface area contributed by atoms with Crippen LogP contribution in [0.5, 0.6) is 5.75 Å². The molecule has 36 heavy (non-hydrogen) atoms. The zero-order valence-electron chi connectivity index (χ0n) is 19.7. The predicted octanol–water partition coefficient (Wildman–Crippen LogP) is 6.68. The monoisotopic (exact) mass is 475 g/mol. The normalized spacial score (nSPS) is 16.8. The van der Waals surface area contributed by atoms with Crippen molar-refractivity contribution in [1.29, 1.82) is 0 Å². The number of benzene rings is 4. The topological polar surface area (TPSA) is 75.6 Å². The van der Waals surface area contributed by atoms with Crippen LogP contribution in [0.2, 0.25) is 0 Å². The fraction of sp³-hybridized carbons (Fsp3) is 0.161. The standard InChI is InChI=1S/C31H25NO4/c33-27-7-3-6-26-29(27)28(25-17-14-20-4-1-2-5-24(20)30(25)32-26)21-12-15-23(16-13-21)36-18-19-8-10-22(11-9-19)31(34)35/h1-2,4-5,8-17,28,32H,3,6-7,18H2,(H,34,35). The molecule has 1 aliphatic heterocycles. The summed E-state index contributed by atoms with van der Waals surface area (Å²) in [6, 6.07) is 27.3. The Morgan fingerprint density at radius 2 is 1.69 bits per heavy atom. The van der Waals surface area contributed by atoms with Gasteiger partial charge in [-0.05, 0) is 59.2 Å². The SMILES string of the molecule is O=C1CCCC2=C1C(c1ccc(OCc3ccc(C(=O)O)cc3)cc1)c1ccc3ccccc3c1N2. The molecular weight excluding hydrogens is 450 g/mol. The van der Waals surface area contributed by atoms with E-state index in [0.29, 0.717) is 13.0 Å². The van der Waals surface area contributed by atoms with Gasteiger partial charge in [-0.25, -0.2) is 4.79 Å². The van der Waals surface area contributed by atoms with Crippen molar-refractivity contribution in [1.82, 2.24) is 0 Å². The van der Waals surface area contributed by atoms with E-state index in [9.17, 15) is 9.59 Å². The number of ketones is 1. The highest BCUT2D eigenvalue weighted by Crippen LogP contribution is 2.47. The van der Waals surface area contributed by atoms with E-state index in [1.54, 1.807) is 24.3 Å². The van der Waals surface area contributed by atoms with Gasteiger partial charge in [0.25, 0.3) is 0 Å². The van der Waals surface area contributed by atoms with E-state index in [1.807, 2.05) is 30.3 Å². The number of hydrogen-bond acceptors (Lipinski definition) is 4. The third-order valence-corrected chi connectivity index (χ3v) is 7.11. The van der Waals surface area contributed by atoms with Crippen LogP contribution < -0.4 is 10.1 Å². The van der Waals surface area contributed by atoms with E-state index in [-0.39, 0.29) is 17.3 Å². The Balaban J connectivity index is 1.32. The maximum Gasteiger partial charge on any atom is 0.335 e. The lowest BCUT2D eigenvalue weighted by atomic mass is 9.75. The van der Waals surface area contributed by atoms with Gasteiger partial charge in [0.2, 0.25) is 0 Å². The summed E-state index contributed by atoms with van der Waals surface area (Å²) in [6.07, 6.45) is 2.33. The zero-order chi connectivity index (χ0) is 24.6. The molecule has 0 amide bonds. The van der Waals surface area contributed by atoms with Crippen molar-refractivity contribution < 1.29 is 19.4 Å². The quantitative estimate of drug-likeness (QED) is 0.337. The van der Waals surface area contributed by atoms with E-state index >= 15 is 0 Å². The molecule has 6 rings (SSSR count). The van der Waals surface area contributed by atoms with Crippen LogP contribution in [0.15, 0.2) is 96.2 Å². The summed E-state index contributed by atoms with van der Waals surface area (Å²) in [6.45, 7) is 0.342. The second kappa shape index (κ2) is 9.00. The average molecular weight is 476 g/mol. The first-order valence-corrected chi connectivity index (χ1v) is 12.2. The molecule has 1 atom stereocenters. The number of carboxylic acid groups (broad SMARTS) is 1. The third-order valence-electron chi connectivity index (χ3n) is 7.11. The largest absolute Gasteiger partial charge is 0.489 e. The number of fused-ring (bicyclic) bond motifs is 3. The molecule has 5 nitrogen and oxygen atoms in total. The number of hydrogen-bond donors (Lipinski definition) is 2. The molecule has 178 valence electrons. The minimum absolute atomic E-state index is 0.119. The van der Waals surface area contributed by atoms with Crippen LogP contribution in [0.25, 0.3) is 10.8 Å². The number of allylic oxidation sites excluding steroid dienone is 2. The summed E-state index contributed by atoms with van der Waals surface area (Å²) in [5.41, 5.74) is 6.36. The summed E-state index contributed by atoms with van der Waals surface area (Å²) in [5, 5.41) is 15.0. The highest BCUT2D eigenvalue weighted by atomic mass is 16.5. The van der Waals surface area contributed by atoms with Gasteiger partial charge in [-0.1, -0.05) is 60.7 Å². The zero-order valence-corrected chi connectivity index (χ0v) is 19.7. The van der Waals surface area contributed by atoms with Crippen LogP contribution in [0.3, 0.4) is 0 Å². The van der Waals surface area contributed by atoms with Gasteiger partial charge in [-0.15, -0.1) is 0 Å². The molecule has 0 radical (unpaired) electrons. The Labute approximate surface area is 209 Å². The lowest BCUT2D eigenvalue weighted by molar-refractivity contribution is -0.116. The number of ether oxygens (including phenoxy) is 1. The molecule has 1 aliphatic carbocycles. The molecule has 0 bridgehead atoms. The number of aromatic carboxylic acids is 1. The molecule has 2 N–H and O–H groups in total. The van der Waals surface area contributed by atoms with Crippen molar-refractivity contribution in [3.8, 4) is 5.75 Å². The van der Waals surface area contributed by atoms with Gasteiger partial charge in [0.15, 0.2) is 5.78 Å². The summed E-state index contributed by atoms with van der Waals surface area (Å²) in [5.74, 6) is -0.123. The lowest BCUT2D eigenvalue weighted by Gasteiger charge is -2.34. The Kier molecular flexibility index (Phi) is 5.53. The first-order chi connectivity index (χ1) is 17.6. The Morgan fingerprint density at radius 1 is 0.917 bits per heavy atom. The molecule has 0 saturated carbocycles. The second-order valence-corrected chi connectivity index (χ2v) is 9.34. The molecule has 2 aliphatic rings. The molecule has 0 fully saturated rings. The summed E-state index contributed by atoms with van der Waals surface area (Å²) >= 11 is 0. The highest BCUT2D eigenvalue weighted by molar-refractivity contribution is 6.04.